The van der Waals surface area contributed by atoms with Gasteiger partial charge in [-0.3, -0.25) is 4.98 Å². The zero-order chi connectivity index (χ0) is 14.1. The van der Waals surface area contributed by atoms with Crippen molar-refractivity contribution >= 4 is 5.97 Å². The molecule has 0 atom stereocenters. The Morgan fingerprint density at radius 2 is 2.25 bits per heavy atom. The highest BCUT2D eigenvalue weighted by molar-refractivity contribution is 5.91. The Balaban J connectivity index is 2.05. The van der Waals surface area contributed by atoms with Gasteiger partial charge in [0, 0.05) is 6.20 Å². The van der Waals surface area contributed by atoms with Crippen LogP contribution in [0.25, 0.3) is 23.1 Å². The molecule has 0 fully saturated rings. The first-order valence-corrected chi connectivity index (χ1v) is 5.69. The molecule has 0 aliphatic rings. The number of aromatic carboxylic acids is 1. The molecule has 0 bridgehead atoms. The van der Waals surface area contributed by atoms with Crippen LogP contribution >= 0.6 is 0 Å². The highest BCUT2D eigenvalue weighted by Gasteiger charge is 2.21. The lowest BCUT2D eigenvalue weighted by Crippen LogP contribution is -1.99. The summed E-state index contributed by atoms with van der Waals surface area (Å²) in [6, 6.07) is 3.68. The summed E-state index contributed by atoms with van der Waals surface area (Å²) in [5.41, 5.74) is 1.48. The molecule has 0 aliphatic carbocycles. The van der Waals surface area contributed by atoms with Gasteiger partial charge in [-0.15, -0.1) is 0 Å². The van der Waals surface area contributed by atoms with Gasteiger partial charge in [0.15, 0.2) is 5.69 Å². The predicted molar refractivity (Wildman–Crippen MR) is 66.8 cm³/mol. The second-order valence-corrected chi connectivity index (χ2v) is 4.02. The number of hydrogen-bond acceptors (Lipinski definition) is 6. The monoisotopic (exact) mass is 271 g/mol. The molecule has 0 amide bonds. The van der Waals surface area contributed by atoms with Crippen molar-refractivity contribution in [3.8, 4) is 23.1 Å². The van der Waals surface area contributed by atoms with E-state index in [4.69, 9.17) is 9.63 Å². The predicted octanol–water partition coefficient (Wildman–Crippen LogP) is 1.53. The van der Waals surface area contributed by atoms with E-state index in [0.29, 0.717) is 11.5 Å². The van der Waals surface area contributed by atoms with Crippen molar-refractivity contribution in [2.75, 3.05) is 0 Å². The van der Waals surface area contributed by atoms with E-state index in [0.717, 1.165) is 5.56 Å². The summed E-state index contributed by atoms with van der Waals surface area (Å²) >= 11 is 0. The van der Waals surface area contributed by atoms with Gasteiger partial charge < -0.3 is 14.6 Å². The van der Waals surface area contributed by atoms with Crippen LogP contribution in [0.4, 0.5) is 0 Å². The molecule has 3 rings (SSSR count). The summed E-state index contributed by atoms with van der Waals surface area (Å²) in [6.07, 6.45) is 2.88. The fourth-order valence-electron chi connectivity index (χ4n) is 1.76. The van der Waals surface area contributed by atoms with Gasteiger partial charge in [0.1, 0.15) is 11.4 Å². The number of aromatic amines is 1. The number of carbonyl (C=O) groups is 1. The summed E-state index contributed by atoms with van der Waals surface area (Å²) < 4.78 is 5.07. The molecule has 8 nitrogen and oxygen atoms in total. The van der Waals surface area contributed by atoms with Crippen molar-refractivity contribution in [1.82, 2.24) is 25.1 Å². The fourth-order valence-corrected chi connectivity index (χ4v) is 1.76. The minimum absolute atomic E-state index is 0.0555. The first-order chi connectivity index (χ1) is 9.66. The average molecular weight is 271 g/mol. The Bertz CT molecular complexity index is 777. The minimum atomic E-state index is -1.17. The molecule has 0 unspecified atom stereocenters. The smallest absolute Gasteiger partial charge is 0.356 e. The van der Waals surface area contributed by atoms with Crippen LogP contribution in [0.1, 0.15) is 16.1 Å². The maximum atomic E-state index is 11.0. The molecule has 0 aromatic carbocycles. The molecule has 3 heterocycles. The van der Waals surface area contributed by atoms with E-state index in [1.807, 2.05) is 13.0 Å². The van der Waals surface area contributed by atoms with Crippen molar-refractivity contribution in [3.05, 3.63) is 35.9 Å². The molecule has 8 heteroatoms. The van der Waals surface area contributed by atoms with Crippen LogP contribution in [0.5, 0.6) is 0 Å². The molecule has 20 heavy (non-hydrogen) atoms. The lowest BCUT2D eigenvalue weighted by molar-refractivity contribution is 0.0691. The van der Waals surface area contributed by atoms with E-state index in [9.17, 15) is 4.79 Å². The molecular weight excluding hydrogens is 262 g/mol. The maximum Gasteiger partial charge on any atom is 0.356 e. The number of carboxylic acid groups (broad SMARTS) is 1. The SMILES string of the molecule is Cc1cccnc1-c1noc(-c2[nH]cnc2C(=O)O)n1. The van der Waals surface area contributed by atoms with Gasteiger partial charge in [-0.05, 0) is 18.6 Å². The van der Waals surface area contributed by atoms with Crippen LogP contribution in [-0.4, -0.2) is 36.2 Å². The Morgan fingerprint density at radius 1 is 1.40 bits per heavy atom. The first-order valence-electron chi connectivity index (χ1n) is 5.69. The van der Waals surface area contributed by atoms with Crippen LogP contribution in [0.3, 0.4) is 0 Å². The largest absolute Gasteiger partial charge is 0.476 e. The second-order valence-electron chi connectivity index (χ2n) is 4.02. The molecule has 0 saturated heterocycles. The third-order valence-electron chi connectivity index (χ3n) is 2.70. The molecule has 100 valence electrons. The molecule has 2 N–H and O–H groups in total. The zero-order valence-electron chi connectivity index (χ0n) is 10.4. The number of pyridine rings is 1. The van der Waals surface area contributed by atoms with E-state index < -0.39 is 5.97 Å². The number of nitrogens with one attached hydrogen (secondary N) is 1. The summed E-state index contributed by atoms with van der Waals surface area (Å²) in [6.45, 7) is 1.87. The van der Waals surface area contributed by atoms with Gasteiger partial charge in [-0.25, -0.2) is 9.78 Å². The van der Waals surface area contributed by atoms with Gasteiger partial charge in [-0.1, -0.05) is 11.2 Å². The zero-order valence-corrected chi connectivity index (χ0v) is 10.4. The number of imidazole rings is 1. The Hall–Kier alpha value is -3.03. The maximum absolute atomic E-state index is 11.0. The topological polar surface area (TPSA) is 118 Å². The standard InChI is InChI=1S/C12H9N5O3/c1-6-3-2-4-13-7(6)10-16-11(20-17-10)8-9(12(18)19)15-5-14-8/h2-5H,1H3,(H,14,15)(H,18,19). The summed E-state index contributed by atoms with van der Waals surface area (Å²) in [5, 5.41) is 12.8. The molecule has 0 spiro atoms. The third-order valence-corrected chi connectivity index (χ3v) is 2.70. The van der Waals surface area contributed by atoms with E-state index in [1.165, 1.54) is 6.33 Å². The number of aromatic nitrogens is 5. The van der Waals surface area contributed by atoms with Crippen LogP contribution in [-0.2, 0) is 0 Å². The average Bonchev–Trinajstić information content (AvgIpc) is 3.07. The van der Waals surface area contributed by atoms with E-state index in [2.05, 4.69) is 25.1 Å². The van der Waals surface area contributed by atoms with Gasteiger partial charge in [0.2, 0.25) is 5.82 Å². The molecule has 0 radical (unpaired) electrons. The molecule has 0 saturated carbocycles. The number of aryl methyl sites for hydroxylation is 1. The van der Waals surface area contributed by atoms with Gasteiger partial charge >= 0.3 is 5.97 Å². The van der Waals surface area contributed by atoms with Crippen molar-refractivity contribution in [1.29, 1.82) is 0 Å². The van der Waals surface area contributed by atoms with Crippen LogP contribution in [0.2, 0.25) is 0 Å². The highest BCUT2D eigenvalue weighted by atomic mass is 16.5. The Morgan fingerprint density at radius 3 is 3.00 bits per heavy atom. The van der Waals surface area contributed by atoms with Crippen LogP contribution < -0.4 is 0 Å². The van der Waals surface area contributed by atoms with E-state index in [-0.39, 0.29) is 17.3 Å². The number of H-pyrrole nitrogens is 1. The van der Waals surface area contributed by atoms with Crippen molar-refractivity contribution in [2.24, 2.45) is 0 Å². The fraction of sp³-hybridized carbons (Fsp3) is 0.0833. The third kappa shape index (κ3) is 1.92. The molecule has 0 aliphatic heterocycles. The Kier molecular flexibility index (Phi) is 2.75. The van der Waals surface area contributed by atoms with Gasteiger partial charge in [-0.2, -0.15) is 4.98 Å². The number of carboxylic acids is 1. The summed E-state index contributed by atoms with van der Waals surface area (Å²) in [5.74, 6) is -0.820. The van der Waals surface area contributed by atoms with Gasteiger partial charge in [0.25, 0.3) is 5.89 Å². The number of hydrogen-bond donors (Lipinski definition) is 2. The number of rotatable bonds is 3. The second kappa shape index (κ2) is 4.57. The van der Waals surface area contributed by atoms with Crippen molar-refractivity contribution in [2.45, 2.75) is 6.92 Å². The van der Waals surface area contributed by atoms with Crippen LogP contribution in [0.15, 0.2) is 29.2 Å². The van der Waals surface area contributed by atoms with E-state index >= 15 is 0 Å². The molecular formula is C12H9N5O3. The Labute approximate surface area is 112 Å². The molecule has 3 aromatic heterocycles. The van der Waals surface area contributed by atoms with Gasteiger partial charge in [0.05, 0.1) is 6.33 Å². The summed E-state index contributed by atoms with van der Waals surface area (Å²) in [7, 11) is 0. The summed E-state index contributed by atoms with van der Waals surface area (Å²) in [4.78, 5) is 25.7. The van der Waals surface area contributed by atoms with Crippen LogP contribution in [0, 0.1) is 6.92 Å². The normalized spacial score (nSPS) is 10.7. The first kappa shape index (κ1) is 12.0. The van der Waals surface area contributed by atoms with Crippen molar-refractivity contribution in [3.63, 3.8) is 0 Å². The van der Waals surface area contributed by atoms with Crippen molar-refractivity contribution < 1.29 is 14.4 Å². The minimum Gasteiger partial charge on any atom is -0.476 e. The number of nitrogens with zero attached hydrogens (tertiary/aromatic N) is 4. The highest BCUT2D eigenvalue weighted by Crippen LogP contribution is 2.23. The van der Waals surface area contributed by atoms with E-state index in [1.54, 1.807) is 12.3 Å². The molecule has 3 aromatic rings. The quantitative estimate of drug-likeness (QED) is 0.741. The lowest BCUT2D eigenvalue weighted by Gasteiger charge is -1.96. The lowest BCUT2D eigenvalue weighted by atomic mass is 10.2.